The van der Waals surface area contributed by atoms with Gasteiger partial charge in [0.1, 0.15) is 0 Å². The molecule has 0 aromatic carbocycles. The lowest BCUT2D eigenvalue weighted by Gasteiger charge is -2.54. The van der Waals surface area contributed by atoms with Gasteiger partial charge in [-0.25, -0.2) is 0 Å². The lowest BCUT2D eigenvalue weighted by molar-refractivity contribution is -0.255. The van der Waals surface area contributed by atoms with Gasteiger partial charge in [0.25, 0.3) is 0 Å². The standard InChI is InChI=1S/C10H22N2O/c1-7-6-9(2,3)12(13)10(4,5)8(7)11/h7-8,13H,6,11H2,1-5H3. The van der Waals surface area contributed by atoms with Gasteiger partial charge in [0.05, 0.1) is 5.54 Å². The van der Waals surface area contributed by atoms with Gasteiger partial charge >= 0.3 is 0 Å². The van der Waals surface area contributed by atoms with Crippen LogP contribution in [0.5, 0.6) is 0 Å². The first-order valence-corrected chi connectivity index (χ1v) is 4.94. The molecular weight excluding hydrogens is 164 g/mol. The highest BCUT2D eigenvalue weighted by Crippen LogP contribution is 2.38. The lowest BCUT2D eigenvalue weighted by Crippen LogP contribution is -2.68. The molecule has 78 valence electrons. The van der Waals surface area contributed by atoms with Gasteiger partial charge in [0.15, 0.2) is 0 Å². The Morgan fingerprint density at radius 1 is 1.31 bits per heavy atom. The third kappa shape index (κ3) is 1.60. The van der Waals surface area contributed by atoms with Crippen molar-refractivity contribution in [2.45, 2.75) is 58.2 Å². The lowest BCUT2D eigenvalue weighted by atomic mass is 9.73. The zero-order valence-electron chi connectivity index (χ0n) is 9.33. The molecule has 0 aliphatic carbocycles. The second kappa shape index (κ2) is 2.94. The normalized spacial score (nSPS) is 39.0. The van der Waals surface area contributed by atoms with Gasteiger partial charge < -0.3 is 10.9 Å². The Hall–Kier alpha value is -0.120. The van der Waals surface area contributed by atoms with E-state index in [4.69, 9.17) is 5.73 Å². The molecule has 0 aromatic rings. The fourth-order valence-electron chi connectivity index (χ4n) is 2.62. The summed E-state index contributed by atoms with van der Waals surface area (Å²) in [5.74, 6) is 0.452. The van der Waals surface area contributed by atoms with Crippen LogP contribution in [0.25, 0.3) is 0 Å². The summed E-state index contributed by atoms with van der Waals surface area (Å²) in [6.45, 7) is 10.2. The minimum absolute atomic E-state index is 0.0329. The van der Waals surface area contributed by atoms with Crippen LogP contribution in [0.15, 0.2) is 0 Å². The van der Waals surface area contributed by atoms with E-state index in [9.17, 15) is 5.21 Å². The minimum Gasteiger partial charge on any atom is -0.326 e. The molecule has 1 rings (SSSR count). The first-order valence-electron chi connectivity index (χ1n) is 4.94. The average Bonchev–Trinajstić information content (AvgIpc) is 1.98. The maximum absolute atomic E-state index is 10.0. The molecule has 2 atom stereocenters. The summed E-state index contributed by atoms with van der Waals surface area (Å²) in [5.41, 5.74) is 5.57. The van der Waals surface area contributed by atoms with Crippen molar-refractivity contribution in [1.29, 1.82) is 0 Å². The van der Waals surface area contributed by atoms with Crippen molar-refractivity contribution in [3.8, 4) is 0 Å². The summed E-state index contributed by atoms with van der Waals surface area (Å²) in [4.78, 5) is 0. The molecule has 0 amide bonds. The van der Waals surface area contributed by atoms with Crippen LogP contribution in [0.2, 0.25) is 0 Å². The Labute approximate surface area is 80.9 Å². The summed E-state index contributed by atoms with van der Waals surface area (Å²) in [5, 5.41) is 11.4. The number of hydroxylamine groups is 2. The van der Waals surface area contributed by atoms with Crippen LogP contribution in [-0.4, -0.2) is 27.4 Å². The first kappa shape index (κ1) is 11.0. The molecule has 0 spiro atoms. The molecule has 3 heteroatoms. The quantitative estimate of drug-likeness (QED) is 0.604. The Morgan fingerprint density at radius 3 is 2.23 bits per heavy atom. The van der Waals surface area contributed by atoms with Gasteiger partial charge in [-0.3, -0.25) is 0 Å². The Balaban J connectivity index is 2.96. The van der Waals surface area contributed by atoms with Gasteiger partial charge in [-0.1, -0.05) is 6.92 Å². The molecule has 1 aliphatic rings. The van der Waals surface area contributed by atoms with Crippen molar-refractivity contribution < 1.29 is 5.21 Å². The molecular formula is C10H22N2O. The number of nitrogens with two attached hydrogens (primary N) is 1. The van der Waals surface area contributed by atoms with E-state index in [-0.39, 0.29) is 17.1 Å². The van der Waals surface area contributed by atoms with Crippen LogP contribution in [-0.2, 0) is 0 Å². The maximum atomic E-state index is 10.0. The van der Waals surface area contributed by atoms with Crippen molar-refractivity contribution in [1.82, 2.24) is 5.06 Å². The molecule has 3 nitrogen and oxygen atoms in total. The minimum atomic E-state index is -0.332. The highest BCUT2D eigenvalue weighted by molar-refractivity contribution is 5.02. The topological polar surface area (TPSA) is 49.5 Å². The van der Waals surface area contributed by atoms with Gasteiger partial charge in [-0.05, 0) is 40.0 Å². The van der Waals surface area contributed by atoms with Crippen molar-refractivity contribution in [2.24, 2.45) is 11.7 Å². The summed E-state index contributed by atoms with van der Waals surface area (Å²) < 4.78 is 0. The zero-order chi connectivity index (χ0) is 10.4. The van der Waals surface area contributed by atoms with E-state index in [0.717, 1.165) is 6.42 Å². The molecule has 1 aliphatic heterocycles. The van der Waals surface area contributed by atoms with Crippen molar-refractivity contribution in [3.63, 3.8) is 0 Å². The van der Waals surface area contributed by atoms with E-state index in [0.29, 0.717) is 5.92 Å². The molecule has 0 aromatic heterocycles. The second-order valence-corrected chi connectivity index (χ2v) is 5.49. The fourth-order valence-corrected chi connectivity index (χ4v) is 2.62. The average molecular weight is 186 g/mol. The van der Waals surface area contributed by atoms with Crippen LogP contribution in [0.4, 0.5) is 0 Å². The van der Waals surface area contributed by atoms with E-state index < -0.39 is 0 Å². The number of nitrogens with zero attached hydrogens (tertiary/aromatic N) is 1. The Morgan fingerprint density at radius 2 is 1.77 bits per heavy atom. The van der Waals surface area contributed by atoms with E-state index in [1.54, 1.807) is 0 Å². The number of hydrogen-bond acceptors (Lipinski definition) is 3. The molecule has 13 heavy (non-hydrogen) atoms. The molecule has 3 N–H and O–H groups in total. The predicted octanol–water partition coefficient (Wildman–Crippen LogP) is 1.60. The third-order valence-corrected chi connectivity index (χ3v) is 3.37. The summed E-state index contributed by atoms with van der Waals surface area (Å²) in [6, 6.07) is 0.0329. The van der Waals surface area contributed by atoms with Gasteiger partial charge in [0.2, 0.25) is 0 Å². The summed E-state index contributed by atoms with van der Waals surface area (Å²) >= 11 is 0. The molecule has 1 saturated heterocycles. The van der Waals surface area contributed by atoms with Crippen LogP contribution in [0.3, 0.4) is 0 Å². The second-order valence-electron chi connectivity index (χ2n) is 5.49. The summed E-state index contributed by atoms with van der Waals surface area (Å²) in [6.07, 6.45) is 0.939. The largest absolute Gasteiger partial charge is 0.326 e. The third-order valence-electron chi connectivity index (χ3n) is 3.37. The van der Waals surface area contributed by atoms with Crippen LogP contribution >= 0.6 is 0 Å². The van der Waals surface area contributed by atoms with E-state index in [1.165, 1.54) is 5.06 Å². The number of hydrogen-bond donors (Lipinski definition) is 2. The predicted molar refractivity (Wildman–Crippen MR) is 53.5 cm³/mol. The molecule has 2 unspecified atom stereocenters. The van der Waals surface area contributed by atoms with E-state index >= 15 is 0 Å². The smallest absolute Gasteiger partial charge is 0.0563 e. The van der Waals surface area contributed by atoms with Gasteiger partial charge in [0, 0.05) is 11.6 Å². The SMILES string of the molecule is CC1CC(C)(C)N(O)C(C)(C)C1N. The van der Waals surface area contributed by atoms with Gasteiger partial charge in [-0.2, -0.15) is 5.06 Å². The summed E-state index contributed by atoms with van der Waals surface area (Å²) in [7, 11) is 0. The molecule has 0 saturated carbocycles. The fraction of sp³-hybridized carbons (Fsp3) is 1.00. The maximum Gasteiger partial charge on any atom is 0.0563 e. The van der Waals surface area contributed by atoms with Crippen LogP contribution in [0.1, 0.15) is 41.0 Å². The monoisotopic (exact) mass is 186 g/mol. The number of piperidine rings is 1. The van der Waals surface area contributed by atoms with E-state index in [2.05, 4.69) is 20.8 Å². The number of rotatable bonds is 0. The Bertz CT molecular complexity index is 201. The highest BCUT2D eigenvalue weighted by atomic mass is 16.5. The zero-order valence-corrected chi connectivity index (χ0v) is 9.33. The molecule has 1 fully saturated rings. The van der Waals surface area contributed by atoms with E-state index in [1.807, 2.05) is 13.8 Å². The first-order chi connectivity index (χ1) is 5.69. The molecule has 0 radical (unpaired) electrons. The highest BCUT2D eigenvalue weighted by Gasteiger charge is 2.48. The van der Waals surface area contributed by atoms with Crippen LogP contribution in [0, 0.1) is 5.92 Å². The van der Waals surface area contributed by atoms with Crippen molar-refractivity contribution in [2.75, 3.05) is 0 Å². The molecule has 1 heterocycles. The van der Waals surface area contributed by atoms with Crippen molar-refractivity contribution in [3.05, 3.63) is 0 Å². The Kier molecular flexibility index (Phi) is 2.48. The van der Waals surface area contributed by atoms with Crippen LogP contribution < -0.4 is 5.73 Å². The van der Waals surface area contributed by atoms with Crippen molar-refractivity contribution >= 4 is 0 Å². The molecule has 0 bridgehead atoms. The van der Waals surface area contributed by atoms with Gasteiger partial charge in [-0.15, -0.1) is 0 Å².